The van der Waals surface area contributed by atoms with E-state index in [0.717, 1.165) is 10.6 Å². The third-order valence-electron chi connectivity index (χ3n) is 7.17. The van der Waals surface area contributed by atoms with E-state index in [1.54, 1.807) is 32.9 Å². The van der Waals surface area contributed by atoms with Gasteiger partial charge in [0.2, 0.25) is 0 Å². The Morgan fingerprint density at radius 2 is 1.97 bits per heavy atom. The van der Waals surface area contributed by atoms with E-state index in [1.165, 1.54) is 11.3 Å². The Bertz CT molecular complexity index is 1040. The van der Waals surface area contributed by atoms with Crippen molar-refractivity contribution in [1.82, 2.24) is 4.98 Å². The van der Waals surface area contributed by atoms with E-state index in [0.29, 0.717) is 30.5 Å². The summed E-state index contributed by atoms with van der Waals surface area (Å²) in [6.45, 7) is 11.6. The van der Waals surface area contributed by atoms with Crippen molar-refractivity contribution in [3.05, 3.63) is 39.9 Å². The zero-order valence-electron chi connectivity index (χ0n) is 22.6. The van der Waals surface area contributed by atoms with Crippen LogP contribution in [0.5, 0.6) is 0 Å². The summed E-state index contributed by atoms with van der Waals surface area (Å²) in [6.07, 6.45) is 4.84. The predicted molar refractivity (Wildman–Crippen MR) is 146 cm³/mol. The molecule has 0 radical (unpaired) electrons. The first-order valence-corrected chi connectivity index (χ1v) is 13.7. The number of carbonyl (C=O) groups is 3. The zero-order valence-corrected chi connectivity index (χ0v) is 23.4. The molecule has 0 amide bonds. The van der Waals surface area contributed by atoms with Gasteiger partial charge >= 0.3 is 5.97 Å². The second kappa shape index (κ2) is 13.9. The summed E-state index contributed by atoms with van der Waals surface area (Å²) >= 11 is 1.44. The van der Waals surface area contributed by atoms with Crippen LogP contribution in [0, 0.1) is 17.3 Å². The number of aliphatic hydroxyl groups is 1. The Labute approximate surface area is 223 Å². The molecule has 0 unspecified atom stereocenters. The van der Waals surface area contributed by atoms with Crippen LogP contribution in [0.3, 0.4) is 0 Å². The number of ether oxygens (including phenoxy) is 1. The van der Waals surface area contributed by atoms with E-state index < -0.39 is 36.2 Å². The molecule has 4 atom stereocenters. The summed E-state index contributed by atoms with van der Waals surface area (Å²) in [5.74, 6) is -1.71. The number of allylic oxidation sites excluding steroid dienone is 1. The van der Waals surface area contributed by atoms with Crippen molar-refractivity contribution >= 4 is 41.0 Å². The molecule has 2 rings (SSSR count). The van der Waals surface area contributed by atoms with Gasteiger partial charge in [0.1, 0.15) is 29.4 Å². The molecule has 0 aliphatic carbocycles. The second-order valence-corrected chi connectivity index (χ2v) is 11.5. The van der Waals surface area contributed by atoms with Crippen LogP contribution in [-0.2, 0) is 19.1 Å². The average molecular weight is 534 g/mol. The summed E-state index contributed by atoms with van der Waals surface area (Å²) in [4.78, 5) is 43.1. The van der Waals surface area contributed by atoms with Crippen molar-refractivity contribution < 1.29 is 28.6 Å². The van der Waals surface area contributed by atoms with Crippen LogP contribution in [0.1, 0.15) is 83.8 Å². The fourth-order valence-corrected chi connectivity index (χ4v) is 4.94. The lowest BCUT2D eigenvalue weighted by molar-refractivity contribution is -0.153. The number of carbonyl (C=O) groups excluding carboxylic acids is 3. The molecule has 37 heavy (non-hydrogen) atoms. The van der Waals surface area contributed by atoms with Crippen LogP contribution in [0.15, 0.2) is 29.2 Å². The van der Waals surface area contributed by atoms with Gasteiger partial charge in [-0.2, -0.15) is 0 Å². The molecule has 6 nitrogen and oxygen atoms in total. The van der Waals surface area contributed by atoms with Crippen molar-refractivity contribution in [2.45, 2.75) is 85.4 Å². The number of nitrogens with zero attached hydrogens (tertiary/aromatic N) is 1. The van der Waals surface area contributed by atoms with E-state index in [9.17, 15) is 23.9 Å². The molecule has 0 saturated heterocycles. The monoisotopic (exact) mass is 533 g/mol. The van der Waals surface area contributed by atoms with Crippen LogP contribution < -0.4 is 0 Å². The summed E-state index contributed by atoms with van der Waals surface area (Å²) < 4.78 is 19.5. The summed E-state index contributed by atoms with van der Waals surface area (Å²) in [5.41, 5.74) is 0.782. The molecule has 1 aromatic heterocycles. The number of aromatic nitrogens is 1. The summed E-state index contributed by atoms with van der Waals surface area (Å²) in [7, 11) is 0. The minimum Gasteiger partial charge on any atom is -0.457 e. The highest BCUT2D eigenvalue weighted by molar-refractivity contribution is 7.10. The first kappa shape index (κ1) is 30.8. The number of cyclic esters (lactones) is 1. The lowest BCUT2D eigenvalue weighted by Crippen LogP contribution is -2.40. The van der Waals surface area contributed by atoms with Gasteiger partial charge in [-0.15, -0.1) is 11.3 Å². The summed E-state index contributed by atoms with van der Waals surface area (Å²) in [5, 5.41) is 13.4. The maximum Gasteiger partial charge on any atom is 0.309 e. The number of ketones is 2. The fourth-order valence-electron chi connectivity index (χ4n) is 4.32. The zero-order chi connectivity index (χ0) is 27.8. The molecule has 2 heterocycles. The lowest BCUT2D eigenvalue weighted by atomic mass is 9.76. The van der Waals surface area contributed by atoms with Crippen molar-refractivity contribution in [2.24, 2.45) is 17.3 Å². The number of thiazole rings is 1. The molecule has 1 aromatic rings. The molecular formula is C29H40FNO5S. The quantitative estimate of drug-likeness (QED) is 0.369. The normalized spacial score (nSPS) is 28.7. The third kappa shape index (κ3) is 8.82. The molecule has 0 aromatic carbocycles. The Morgan fingerprint density at radius 1 is 1.27 bits per heavy atom. The number of alkyl halides is 1. The molecule has 204 valence electrons. The largest absolute Gasteiger partial charge is 0.457 e. The SMILES string of the molecule is C=Cc1nc(/C=C(\C)[C@@H]2C/C=C(/CF)CCC[C@H](C)C(=O)[C@@H](C)CC(=O)C(C)(C)[C@@H](O)CC(=O)O2)cs1. The van der Waals surface area contributed by atoms with E-state index in [-0.39, 0.29) is 36.7 Å². The number of aliphatic hydroxyl groups excluding tert-OH is 1. The van der Waals surface area contributed by atoms with Crippen LogP contribution in [0.4, 0.5) is 4.39 Å². The van der Waals surface area contributed by atoms with E-state index in [2.05, 4.69) is 11.6 Å². The number of esters is 1. The van der Waals surface area contributed by atoms with E-state index >= 15 is 0 Å². The van der Waals surface area contributed by atoms with Crippen LogP contribution in [-0.4, -0.2) is 46.5 Å². The second-order valence-electron chi connectivity index (χ2n) is 10.6. The third-order valence-corrected chi connectivity index (χ3v) is 8.03. The fraction of sp³-hybridized carbons (Fsp3) is 0.586. The first-order chi connectivity index (χ1) is 17.4. The van der Waals surface area contributed by atoms with Gasteiger partial charge in [0.25, 0.3) is 0 Å². The molecule has 0 spiro atoms. The van der Waals surface area contributed by atoms with Crippen LogP contribution in [0.25, 0.3) is 12.2 Å². The van der Waals surface area contributed by atoms with Gasteiger partial charge in [-0.1, -0.05) is 40.3 Å². The number of hydrogen-bond donors (Lipinski definition) is 1. The Hall–Kier alpha value is -2.45. The Morgan fingerprint density at radius 3 is 2.59 bits per heavy atom. The topological polar surface area (TPSA) is 93.6 Å². The molecule has 1 N–H and O–H groups in total. The van der Waals surface area contributed by atoms with Gasteiger partial charge in [-0.25, -0.2) is 9.37 Å². The standard InChI is InChI=1S/C29H40FNO5S/c1-7-26-31-22(17-37-26)13-19(3)23-12-11-21(16-30)10-8-9-18(2)28(35)20(4)14-24(32)29(5,6)25(33)15-27(34)36-23/h7,11,13,17-18,20,23,25,33H,1,8-10,12,14-16H2,2-6H3/b19-13+,21-11+/t18-,20-,23-,25-/m0/s1. The number of Topliss-reactive ketones (excluding diaryl/α,β-unsaturated/α-hetero) is 2. The molecule has 8 heteroatoms. The van der Waals surface area contributed by atoms with Gasteiger partial charge in [-0.05, 0) is 49.5 Å². The van der Waals surface area contributed by atoms with Crippen molar-refractivity contribution in [3.8, 4) is 0 Å². The molecule has 0 saturated carbocycles. The molecule has 0 fully saturated rings. The molecule has 0 bridgehead atoms. The molecular weight excluding hydrogens is 493 g/mol. The van der Waals surface area contributed by atoms with Gasteiger partial charge in [-0.3, -0.25) is 14.4 Å². The minimum absolute atomic E-state index is 0.0112. The Kier molecular flexibility index (Phi) is 11.6. The molecule has 1 aliphatic heterocycles. The number of halogens is 1. The highest BCUT2D eigenvalue weighted by Gasteiger charge is 2.39. The van der Waals surface area contributed by atoms with Crippen LogP contribution >= 0.6 is 11.3 Å². The predicted octanol–water partition coefficient (Wildman–Crippen LogP) is 6.15. The minimum atomic E-state index is -1.28. The van der Waals surface area contributed by atoms with Gasteiger partial charge < -0.3 is 9.84 Å². The van der Waals surface area contributed by atoms with Gasteiger partial charge in [0, 0.05) is 35.5 Å². The van der Waals surface area contributed by atoms with Gasteiger partial charge in [0.05, 0.1) is 18.2 Å². The highest BCUT2D eigenvalue weighted by Crippen LogP contribution is 2.30. The Balaban J connectivity index is 2.36. The van der Waals surface area contributed by atoms with Crippen LogP contribution in [0.2, 0.25) is 0 Å². The van der Waals surface area contributed by atoms with E-state index in [4.69, 9.17) is 4.74 Å². The van der Waals surface area contributed by atoms with Crippen molar-refractivity contribution in [2.75, 3.05) is 6.67 Å². The lowest BCUT2D eigenvalue weighted by Gasteiger charge is -2.30. The molecule has 1 aliphatic rings. The summed E-state index contributed by atoms with van der Waals surface area (Å²) in [6, 6.07) is 0. The van der Waals surface area contributed by atoms with E-state index in [1.807, 2.05) is 25.3 Å². The maximum atomic E-state index is 13.8. The number of rotatable bonds is 4. The maximum absolute atomic E-state index is 13.8. The van der Waals surface area contributed by atoms with Gasteiger partial charge in [0.15, 0.2) is 0 Å². The first-order valence-electron chi connectivity index (χ1n) is 12.8. The smallest absolute Gasteiger partial charge is 0.309 e. The van der Waals surface area contributed by atoms with Crippen molar-refractivity contribution in [3.63, 3.8) is 0 Å². The highest BCUT2D eigenvalue weighted by atomic mass is 32.1. The average Bonchev–Trinajstić information content (AvgIpc) is 3.31. The van der Waals surface area contributed by atoms with Crippen molar-refractivity contribution in [1.29, 1.82) is 0 Å². The number of hydrogen-bond acceptors (Lipinski definition) is 7.